The molecule has 0 fully saturated rings. The molecule has 2 aromatic carbocycles. The monoisotopic (exact) mass is 248 g/mol. The smallest absolute Gasteiger partial charge is 0.139 e. The molecule has 0 radical (unpaired) electrons. The highest BCUT2D eigenvalue weighted by Gasteiger charge is 2.02. The molecule has 0 atom stereocenters. The Balaban J connectivity index is 2.04. The molecule has 1 nitrogen and oxygen atoms in total. The normalized spacial score (nSPS) is 10.2. The van der Waals surface area contributed by atoms with Gasteiger partial charge in [0.1, 0.15) is 26.0 Å². The Bertz CT molecular complexity index is 513. The molecule has 0 aromatic heterocycles. The fraction of sp³-hybridized carbons (Fsp3) is 0.0769. The Kier molecular flexibility index (Phi) is 3.69. The number of rotatable bonds is 3. The maximum Gasteiger partial charge on any atom is 0.139 e. The van der Waals surface area contributed by atoms with Gasteiger partial charge in [0.15, 0.2) is 0 Å². The van der Waals surface area contributed by atoms with Crippen LogP contribution in [-0.4, -0.2) is 7.85 Å². The van der Waals surface area contributed by atoms with Crippen LogP contribution in [0, 0.1) is 5.82 Å². The minimum atomic E-state index is -0.248. The highest BCUT2D eigenvalue weighted by atomic mass is 35.5. The van der Waals surface area contributed by atoms with Gasteiger partial charge in [-0.25, -0.2) is 4.39 Å². The maximum absolute atomic E-state index is 12.7. The van der Waals surface area contributed by atoms with E-state index < -0.39 is 0 Å². The quantitative estimate of drug-likeness (QED) is 0.758. The number of ether oxygens (including phenoxy) is 1. The van der Waals surface area contributed by atoms with Gasteiger partial charge in [0.25, 0.3) is 0 Å². The summed E-state index contributed by atoms with van der Waals surface area (Å²) in [5, 5.41) is 0.590. The molecule has 0 amide bonds. The molecule has 0 spiro atoms. The number of hydrogen-bond acceptors (Lipinski definition) is 1. The maximum atomic E-state index is 12.7. The van der Waals surface area contributed by atoms with Crippen molar-refractivity contribution in [2.24, 2.45) is 0 Å². The van der Waals surface area contributed by atoms with Gasteiger partial charge in [-0.05, 0) is 29.8 Å². The van der Waals surface area contributed by atoms with Crippen LogP contribution in [-0.2, 0) is 6.61 Å². The van der Waals surface area contributed by atoms with Crippen LogP contribution in [0.5, 0.6) is 5.75 Å². The fourth-order valence-corrected chi connectivity index (χ4v) is 1.75. The molecular formula is C13H11BClFO. The van der Waals surface area contributed by atoms with Crippen LogP contribution in [0.15, 0.2) is 42.5 Å². The van der Waals surface area contributed by atoms with E-state index in [0.29, 0.717) is 17.4 Å². The third-order valence-corrected chi connectivity index (χ3v) is 2.69. The van der Waals surface area contributed by atoms with E-state index in [0.717, 1.165) is 11.0 Å². The summed E-state index contributed by atoms with van der Waals surface area (Å²) in [5.41, 5.74) is 1.99. The zero-order chi connectivity index (χ0) is 12.3. The summed E-state index contributed by atoms with van der Waals surface area (Å²) in [6, 6.07) is 11.8. The lowest BCUT2D eigenvalue weighted by atomic mass is 9.97. The number of benzene rings is 2. The second-order valence-corrected chi connectivity index (χ2v) is 4.26. The van der Waals surface area contributed by atoms with E-state index in [9.17, 15) is 4.39 Å². The Morgan fingerprint density at radius 2 is 1.82 bits per heavy atom. The van der Waals surface area contributed by atoms with Crippen LogP contribution in [0.1, 0.15) is 5.56 Å². The molecule has 0 unspecified atom stereocenters. The van der Waals surface area contributed by atoms with E-state index in [1.165, 1.54) is 12.1 Å². The van der Waals surface area contributed by atoms with Crippen molar-refractivity contribution in [3.8, 4) is 5.75 Å². The number of halogens is 2. The Hall–Kier alpha value is -1.48. The van der Waals surface area contributed by atoms with Gasteiger partial charge >= 0.3 is 0 Å². The first-order chi connectivity index (χ1) is 8.15. The summed E-state index contributed by atoms with van der Waals surface area (Å²) in [6.45, 7) is 0.378. The van der Waals surface area contributed by atoms with Crippen LogP contribution < -0.4 is 10.2 Å². The molecule has 0 saturated heterocycles. The predicted molar refractivity (Wildman–Crippen MR) is 70.4 cm³/mol. The molecule has 2 rings (SSSR count). The van der Waals surface area contributed by atoms with E-state index in [1.54, 1.807) is 12.1 Å². The molecule has 86 valence electrons. The second kappa shape index (κ2) is 5.24. The van der Waals surface area contributed by atoms with E-state index in [-0.39, 0.29) is 5.82 Å². The average molecular weight is 248 g/mol. The summed E-state index contributed by atoms with van der Waals surface area (Å²) in [7, 11) is 1.97. The Labute approximate surface area is 106 Å². The minimum Gasteiger partial charge on any atom is -0.487 e. The summed E-state index contributed by atoms with van der Waals surface area (Å²) < 4.78 is 18.3. The van der Waals surface area contributed by atoms with E-state index in [2.05, 4.69) is 0 Å². The van der Waals surface area contributed by atoms with Crippen molar-refractivity contribution in [3.63, 3.8) is 0 Å². The van der Waals surface area contributed by atoms with Crippen molar-refractivity contribution < 1.29 is 9.13 Å². The van der Waals surface area contributed by atoms with Crippen molar-refractivity contribution in [3.05, 3.63) is 58.9 Å². The van der Waals surface area contributed by atoms with Gasteiger partial charge in [0.2, 0.25) is 0 Å². The Morgan fingerprint density at radius 3 is 2.47 bits per heavy atom. The van der Waals surface area contributed by atoms with Gasteiger partial charge in [-0.15, -0.1) is 0 Å². The van der Waals surface area contributed by atoms with Gasteiger partial charge < -0.3 is 4.74 Å². The first-order valence-electron chi connectivity index (χ1n) is 5.28. The van der Waals surface area contributed by atoms with Crippen LogP contribution in [0.4, 0.5) is 4.39 Å². The first-order valence-corrected chi connectivity index (χ1v) is 5.66. The van der Waals surface area contributed by atoms with Crippen molar-refractivity contribution in [2.75, 3.05) is 0 Å². The summed E-state index contributed by atoms with van der Waals surface area (Å²) >= 11 is 6.04. The second-order valence-electron chi connectivity index (χ2n) is 3.85. The van der Waals surface area contributed by atoms with Crippen LogP contribution >= 0.6 is 11.6 Å². The molecule has 0 aliphatic rings. The lowest BCUT2D eigenvalue weighted by molar-refractivity contribution is 0.306. The standard InChI is InChI=1S/C13H11BClFO/c14-10-3-6-13(12(15)7-10)17-8-9-1-4-11(16)5-2-9/h1-7H,8,14H2. The third-order valence-electron chi connectivity index (χ3n) is 2.39. The summed E-state index contributed by atoms with van der Waals surface area (Å²) in [6.07, 6.45) is 0. The molecule has 0 saturated carbocycles. The SMILES string of the molecule is Bc1ccc(OCc2ccc(F)cc2)c(Cl)c1. The largest absolute Gasteiger partial charge is 0.487 e. The predicted octanol–water partition coefficient (Wildman–Crippen LogP) is 2.32. The van der Waals surface area contributed by atoms with Gasteiger partial charge in [0.05, 0.1) is 5.02 Å². The molecule has 0 aliphatic carbocycles. The molecule has 4 heteroatoms. The average Bonchev–Trinajstić information content (AvgIpc) is 2.30. The topological polar surface area (TPSA) is 9.23 Å². The molecule has 0 heterocycles. The zero-order valence-corrected chi connectivity index (χ0v) is 10.2. The fourth-order valence-electron chi connectivity index (χ4n) is 1.46. The highest BCUT2D eigenvalue weighted by molar-refractivity contribution is 6.37. The van der Waals surface area contributed by atoms with Crippen molar-refractivity contribution in [1.29, 1.82) is 0 Å². The molecule has 0 bridgehead atoms. The highest BCUT2D eigenvalue weighted by Crippen LogP contribution is 2.23. The van der Waals surface area contributed by atoms with Crippen LogP contribution in [0.25, 0.3) is 0 Å². The number of hydrogen-bond donors (Lipinski definition) is 0. The molecule has 0 N–H and O–H groups in total. The van der Waals surface area contributed by atoms with Gasteiger partial charge in [-0.2, -0.15) is 0 Å². The van der Waals surface area contributed by atoms with Gasteiger partial charge in [-0.3, -0.25) is 0 Å². The summed E-state index contributed by atoms with van der Waals surface area (Å²) in [5.74, 6) is 0.392. The third kappa shape index (κ3) is 3.24. The van der Waals surface area contributed by atoms with E-state index >= 15 is 0 Å². The van der Waals surface area contributed by atoms with Crippen molar-refractivity contribution in [2.45, 2.75) is 6.61 Å². The summed E-state index contributed by atoms with van der Waals surface area (Å²) in [4.78, 5) is 0. The molecule has 0 aliphatic heterocycles. The Morgan fingerprint density at radius 1 is 1.12 bits per heavy atom. The van der Waals surface area contributed by atoms with Gasteiger partial charge in [-0.1, -0.05) is 35.3 Å². The lowest BCUT2D eigenvalue weighted by Crippen LogP contribution is -2.02. The zero-order valence-electron chi connectivity index (χ0n) is 9.41. The van der Waals surface area contributed by atoms with E-state index in [1.807, 2.05) is 26.0 Å². The van der Waals surface area contributed by atoms with E-state index in [4.69, 9.17) is 16.3 Å². The van der Waals surface area contributed by atoms with Crippen LogP contribution in [0.2, 0.25) is 5.02 Å². The minimum absolute atomic E-state index is 0.248. The molecular weight excluding hydrogens is 237 g/mol. The van der Waals surface area contributed by atoms with Gasteiger partial charge in [0, 0.05) is 0 Å². The first kappa shape index (κ1) is 12.0. The molecule has 17 heavy (non-hydrogen) atoms. The van der Waals surface area contributed by atoms with Crippen molar-refractivity contribution >= 4 is 24.9 Å². The van der Waals surface area contributed by atoms with Crippen LogP contribution in [0.3, 0.4) is 0 Å². The lowest BCUT2D eigenvalue weighted by Gasteiger charge is -2.08. The molecule has 2 aromatic rings. The van der Waals surface area contributed by atoms with Crippen molar-refractivity contribution in [1.82, 2.24) is 0 Å².